The minimum atomic E-state index is -1.26. The molecule has 0 fully saturated rings. The van der Waals surface area contributed by atoms with Crippen molar-refractivity contribution in [2.75, 3.05) is 40.6 Å². The predicted molar refractivity (Wildman–Crippen MR) is 297 cm³/mol. The van der Waals surface area contributed by atoms with E-state index in [2.05, 4.69) is 107 Å². The van der Waals surface area contributed by atoms with Crippen LogP contribution in [0.1, 0.15) is 34.6 Å². The second-order valence-electron chi connectivity index (χ2n) is 20.6. The van der Waals surface area contributed by atoms with Gasteiger partial charge < -0.3 is 38.7 Å². The molecule has 26 heteroatoms. The number of nitrogens with one attached hydrogen (secondary N) is 2. The Balaban J connectivity index is 0.000000207. The van der Waals surface area contributed by atoms with Gasteiger partial charge >= 0.3 is 0 Å². The van der Waals surface area contributed by atoms with E-state index in [1.807, 2.05) is 18.4 Å². The molecule has 6 aromatic heterocycles. The summed E-state index contributed by atoms with van der Waals surface area (Å²) in [5.41, 5.74) is 4.45. The molecule has 410 valence electrons. The molecule has 0 aliphatic heterocycles. The fraction of sp³-hybridized carbons (Fsp3) is 0.440. The number of aromatic nitrogens is 10. The first-order chi connectivity index (χ1) is 35.8. The summed E-state index contributed by atoms with van der Waals surface area (Å²) in [6.07, 6.45) is 6.55. The van der Waals surface area contributed by atoms with Gasteiger partial charge in [0.05, 0.1) is 47.8 Å². The first-order valence-electron chi connectivity index (χ1n) is 24.2. The smallest absolute Gasteiger partial charge is 0.255 e. The summed E-state index contributed by atoms with van der Waals surface area (Å²) in [6, 6.07) is 6.22. The number of amides is 2. The largest absolute Gasteiger partial charge is 0.383 e. The molecule has 18 nitrogen and oxygen atoms in total. The lowest BCUT2D eigenvalue weighted by molar-refractivity contribution is 0.0874. The van der Waals surface area contributed by atoms with E-state index in [1.54, 1.807) is 51.5 Å². The number of carbonyl (C=O) groups excluding carboxylic acids is 2. The Bertz CT molecular complexity index is 3300. The summed E-state index contributed by atoms with van der Waals surface area (Å²) in [5, 5.41) is 15.2. The fourth-order valence-corrected chi connectivity index (χ4v) is 9.99. The van der Waals surface area contributed by atoms with Gasteiger partial charge in [0.1, 0.15) is 45.1 Å². The summed E-state index contributed by atoms with van der Waals surface area (Å²) in [6.45, 7) is 20.2. The molecule has 0 spiro atoms. The molecule has 0 unspecified atom stereocenters. The Hall–Kier alpha value is -5.49. The van der Waals surface area contributed by atoms with Crippen molar-refractivity contribution in [1.82, 2.24) is 59.3 Å². The van der Waals surface area contributed by atoms with Gasteiger partial charge in [-0.05, 0) is 69.9 Å². The van der Waals surface area contributed by atoms with Crippen molar-refractivity contribution >= 4 is 104 Å². The summed E-state index contributed by atoms with van der Waals surface area (Å²) in [4.78, 5) is 43.9. The molecule has 76 heavy (non-hydrogen) atoms. The number of rotatable bonds is 19. The lowest BCUT2D eigenvalue weighted by Crippen LogP contribution is -2.35. The number of ether oxygens (including phenoxy) is 4. The van der Waals surface area contributed by atoms with E-state index >= 15 is 0 Å². The lowest BCUT2D eigenvalue weighted by atomic mass is 10.1. The first kappa shape index (κ1) is 59.8. The number of aryl methyl sites for hydroxylation is 2. The highest BCUT2D eigenvalue weighted by Gasteiger charge is 2.24. The van der Waals surface area contributed by atoms with Crippen LogP contribution in [0.25, 0.3) is 55.5 Å². The summed E-state index contributed by atoms with van der Waals surface area (Å²) >= 11 is 6.48. The van der Waals surface area contributed by atoms with Crippen LogP contribution in [0.4, 0.5) is 17.6 Å². The van der Waals surface area contributed by atoms with E-state index in [9.17, 15) is 27.2 Å². The van der Waals surface area contributed by atoms with E-state index in [0.717, 1.165) is 36.4 Å². The average molecular weight is 1220 g/mol. The van der Waals surface area contributed by atoms with Gasteiger partial charge in [0, 0.05) is 105 Å². The van der Waals surface area contributed by atoms with Crippen LogP contribution in [0, 0.1) is 23.3 Å². The van der Waals surface area contributed by atoms with Crippen molar-refractivity contribution in [3.63, 3.8) is 0 Å². The number of hydrogen-bond donors (Lipinski definition) is 2. The van der Waals surface area contributed by atoms with E-state index < -0.39 is 39.4 Å². The van der Waals surface area contributed by atoms with E-state index in [4.69, 9.17) is 23.9 Å². The van der Waals surface area contributed by atoms with Crippen molar-refractivity contribution in [3.8, 4) is 11.4 Å². The van der Waals surface area contributed by atoms with Crippen molar-refractivity contribution in [3.05, 3.63) is 92.7 Å². The zero-order valence-electron chi connectivity index (χ0n) is 44.6. The fourth-order valence-electron chi connectivity index (χ4n) is 7.64. The maximum atomic E-state index is 14.1. The quantitative estimate of drug-likeness (QED) is 0.0443. The molecule has 0 aliphatic carbocycles. The molecule has 8 rings (SSSR count). The monoisotopic (exact) mass is 1220 g/mol. The zero-order chi connectivity index (χ0) is 55.8. The number of methoxy groups -OCH3 is 2. The van der Waals surface area contributed by atoms with Crippen molar-refractivity contribution < 1.29 is 46.1 Å². The molecule has 0 saturated heterocycles. The number of halogens is 6. The van der Waals surface area contributed by atoms with E-state index in [-0.39, 0.29) is 30.6 Å². The van der Waals surface area contributed by atoms with Crippen LogP contribution in [0.15, 0.2) is 58.3 Å². The number of hydrogen-bond acceptors (Lipinski definition) is 12. The van der Waals surface area contributed by atoms with Crippen LogP contribution in [0.3, 0.4) is 0 Å². The van der Waals surface area contributed by atoms with Gasteiger partial charge in [-0.3, -0.25) is 19.0 Å². The molecule has 2 amide bonds. The number of fused-ring (bicyclic) bond motifs is 4. The van der Waals surface area contributed by atoms with Crippen molar-refractivity contribution in [1.29, 1.82) is 0 Å². The molecule has 0 aliphatic rings. The predicted octanol–water partition coefficient (Wildman–Crippen LogP) is 10.2. The molecule has 0 saturated carbocycles. The number of nitrogens with zero attached hydrogens (tertiary/aromatic N) is 10. The molecular weight excluding hydrogens is 1160 g/mol. The van der Waals surface area contributed by atoms with Crippen molar-refractivity contribution in [2.24, 2.45) is 14.1 Å². The second kappa shape index (κ2) is 25.8. The summed E-state index contributed by atoms with van der Waals surface area (Å²) < 4.78 is 83.0. The maximum absolute atomic E-state index is 14.1. The van der Waals surface area contributed by atoms with Gasteiger partial charge in [-0.2, -0.15) is 10.2 Å². The SMILES string of the molecule is COC[C@H](C)NC(=O)c1cn(COCC[Si](C)(C)C)c2ncc(-c3nn(C)c4cc(F)c(F)cc34)nc12.COC[C@H](C)NC(=O)c1cn(COCC[Si](C)(C)C)c2ncc(Br)nc12.Cn1nc(Br)c2cc(F)c(F)cc21. The third-order valence-electron chi connectivity index (χ3n) is 11.6. The minimum absolute atomic E-state index is 0.0981. The lowest BCUT2D eigenvalue weighted by Gasteiger charge is -2.15. The molecule has 2 N–H and O–H groups in total. The second-order valence-corrected chi connectivity index (χ2v) is 33.4. The third kappa shape index (κ3) is 15.4. The van der Waals surface area contributed by atoms with Crippen molar-refractivity contribution in [2.45, 2.75) is 90.8 Å². The van der Waals surface area contributed by atoms with Gasteiger partial charge in [-0.25, -0.2) is 37.5 Å². The number of carbonyl (C=O) groups is 2. The van der Waals surface area contributed by atoms with E-state index in [1.165, 1.54) is 15.6 Å². The zero-order valence-corrected chi connectivity index (χ0v) is 49.8. The van der Waals surface area contributed by atoms with Crippen LogP contribution in [-0.4, -0.2) is 129 Å². The number of benzene rings is 2. The van der Waals surface area contributed by atoms with Gasteiger partial charge in [0.15, 0.2) is 34.6 Å². The van der Waals surface area contributed by atoms with Crippen LogP contribution in [0.5, 0.6) is 0 Å². The maximum Gasteiger partial charge on any atom is 0.255 e. The van der Waals surface area contributed by atoms with Gasteiger partial charge in [0.2, 0.25) is 0 Å². The Morgan fingerprint density at radius 3 is 1.57 bits per heavy atom. The van der Waals surface area contributed by atoms with Crippen LogP contribution in [-0.2, 0) is 46.5 Å². The molecule has 0 radical (unpaired) electrons. The third-order valence-corrected chi connectivity index (χ3v) is 16.0. The van der Waals surface area contributed by atoms with Gasteiger partial charge in [0.25, 0.3) is 11.8 Å². The molecule has 8 aromatic rings. The van der Waals surface area contributed by atoms with Gasteiger partial charge in [-0.1, -0.05) is 39.3 Å². The van der Waals surface area contributed by atoms with Gasteiger partial charge in [-0.15, -0.1) is 0 Å². The molecule has 2 aromatic carbocycles. The first-order valence-corrected chi connectivity index (χ1v) is 33.2. The Morgan fingerprint density at radius 1 is 0.645 bits per heavy atom. The summed E-state index contributed by atoms with van der Waals surface area (Å²) in [5.74, 6) is -4.19. The molecule has 6 heterocycles. The molecule has 0 bridgehead atoms. The Kier molecular flexibility index (Phi) is 20.3. The minimum Gasteiger partial charge on any atom is -0.383 e. The Labute approximate surface area is 456 Å². The highest BCUT2D eigenvalue weighted by atomic mass is 79.9. The van der Waals surface area contributed by atoms with Crippen LogP contribution >= 0.6 is 31.9 Å². The Morgan fingerprint density at radius 2 is 1.08 bits per heavy atom. The topological polar surface area (TPSA) is 192 Å². The van der Waals surface area contributed by atoms with Crippen LogP contribution in [0.2, 0.25) is 51.4 Å². The molecule has 2 atom stereocenters. The van der Waals surface area contributed by atoms with Crippen LogP contribution < -0.4 is 10.6 Å². The standard InChI is InChI=1S/C25H32F2N6O3Si.C17H27BrN4O3Si.C8H5BrF2N2/c1-15(13-35-3)29-25(34)17-12-33(14-36-7-8-37(4,5)6)24-23(17)30-20(11-28-24)22-16-9-18(26)19(27)10-21(16)32(2)31-22;1-12(10-24-2)20-17(23)13-9-22(11-25-6-7-26(3,4)5)16-15(13)21-14(18)8-19-16;1-13-7-3-6(11)5(10)2-4(7)8(9)12-13/h9-12,15H,7-8,13-14H2,1-6H3,(H,29,34);8-9,12H,6-7,10-11H2,1-5H3,(H,20,23);2-3H,1H3/t15-;12-;/m00./s1. The normalized spacial score (nSPS) is 12.7. The highest BCUT2D eigenvalue weighted by molar-refractivity contribution is 9.10. The van der Waals surface area contributed by atoms with E-state index in [0.29, 0.717) is 109 Å². The average Bonchev–Trinajstić information content (AvgIpc) is 4.06. The highest BCUT2D eigenvalue weighted by Crippen LogP contribution is 2.31. The summed E-state index contributed by atoms with van der Waals surface area (Å²) in [7, 11) is 4.08. The molecular formula is C50H64Br2F4N12O6Si2.